The summed E-state index contributed by atoms with van der Waals surface area (Å²) in [7, 11) is 0. The lowest BCUT2D eigenvalue weighted by Gasteiger charge is -2.12. The van der Waals surface area contributed by atoms with E-state index in [2.05, 4.69) is 10.6 Å². The highest BCUT2D eigenvalue weighted by atomic mass is 35.5. The zero-order valence-corrected chi connectivity index (χ0v) is 11.8. The van der Waals surface area contributed by atoms with Gasteiger partial charge in [-0.1, -0.05) is 29.8 Å². The predicted molar refractivity (Wildman–Crippen MR) is 84.7 cm³/mol. The molecule has 20 heavy (non-hydrogen) atoms. The molecule has 2 aromatic carbocycles. The normalized spacial score (nSPS) is 9.85. The van der Waals surface area contributed by atoms with Crippen LogP contribution in [0.3, 0.4) is 0 Å². The number of anilines is 2. The van der Waals surface area contributed by atoms with Crippen LogP contribution >= 0.6 is 23.8 Å². The summed E-state index contributed by atoms with van der Waals surface area (Å²) >= 11 is 10.9. The number of carboxylic acids is 1. The molecule has 2 aromatic rings. The number of benzene rings is 2. The number of hydrogen-bond acceptors (Lipinski definition) is 2. The first kappa shape index (κ1) is 14.3. The lowest BCUT2D eigenvalue weighted by Crippen LogP contribution is -2.20. The van der Waals surface area contributed by atoms with Gasteiger partial charge < -0.3 is 15.7 Å². The van der Waals surface area contributed by atoms with Crippen molar-refractivity contribution in [2.75, 3.05) is 10.6 Å². The van der Waals surface area contributed by atoms with Gasteiger partial charge in [0.05, 0.1) is 11.3 Å². The number of halogens is 1. The van der Waals surface area contributed by atoms with Crippen molar-refractivity contribution < 1.29 is 9.90 Å². The Morgan fingerprint density at radius 2 is 1.80 bits per heavy atom. The summed E-state index contributed by atoms with van der Waals surface area (Å²) < 4.78 is 0. The molecule has 2 rings (SSSR count). The lowest BCUT2D eigenvalue weighted by molar-refractivity contribution is 0.0698. The first-order chi connectivity index (χ1) is 9.56. The van der Waals surface area contributed by atoms with E-state index in [1.165, 1.54) is 6.07 Å². The van der Waals surface area contributed by atoms with Crippen molar-refractivity contribution in [2.24, 2.45) is 0 Å². The van der Waals surface area contributed by atoms with Gasteiger partial charge in [0.1, 0.15) is 0 Å². The van der Waals surface area contributed by atoms with Crippen LogP contribution in [0.2, 0.25) is 5.02 Å². The van der Waals surface area contributed by atoms with Crippen molar-refractivity contribution in [3.8, 4) is 0 Å². The van der Waals surface area contributed by atoms with Crippen LogP contribution in [0, 0.1) is 0 Å². The SMILES string of the molecule is O=C(O)c1cc(Cl)ccc1NC(=S)Nc1ccccc1. The van der Waals surface area contributed by atoms with Gasteiger partial charge in [0.2, 0.25) is 0 Å². The number of carbonyl (C=O) groups is 1. The molecular formula is C14H11ClN2O2S. The van der Waals surface area contributed by atoms with Crippen molar-refractivity contribution in [3.05, 3.63) is 59.1 Å². The molecule has 0 spiro atoms. The number of aromatic carboxylic acids is 1. The predicted octanol–water partition coefficient (Wildman–Crippen LogP) is 3.85. The van der Waals surface area contributed by atoms with Crippen molar-refractivity contribution in [1.82, 2.24) is 0 Å². The Kier molecular flexibility index (Phi) is 4.55. The average Bonchev–Trinajstić information content (AvgIpc) is 2.41. The highest BCUT2D eigenvalue weighted by Crippen LogP contribution is 2.21. The van der Waals surface area contributed by atoms with Crippen LogP contribution in [0.4, 0.5) is 11.4 Å². The minimum atomic E-state index is -1.07. The molecule has 0 aliphatic carbocycles. The number of carboxylic acid groups (broad SMARTS) is 1. The minimum absolute atomic E-state index is 0.0645. The van der Waals surface area contributed by atoms with Crippen LogP contribution in [0.1, 0.15) is 10.4 Å². The molecule has 4 nitrogen and oxygen atoms in total. The fourth-order valence-corrected chi connectivity index (χ4v) is 2.01. The highest BCUT2D eigenvalue weighted by Gasteiger charge is 2.11. The third-order valence-electron chi connectivity index (χ3n) is 2.49. The van der Waals surface area contributed by atoms with Gasteiger partial charge >= 0.3 is 5.97 Å². The standard InChI is InChI=1S/C14H11ClN2O2S/c15-9-6-7-12(11(8-9)13(18)19)17-14(20)16-10-4-2-1-3-5-10/h1-8H,(H,18,19)(H2,16,17,20). The van der Waals surface area contributed by atoms with Crippen molar-refractivity contribution >= 4 is 46.3 Å². The molecule has 0 aromatic heterocycles. The second-order valence-corrected chi connectivity index (χ2v) is 4.78. The van der Waals surface area contributed by atoms with Gasteiger partial charge in [0, 0.05) is 10.7 Å². The summed E-state index contributed by atoms with van der Waals surface area (Å²) in [5.41, 5.74) is 1.26. The fraction of sp³-hybridized carbons (Fsp3) is 0. The summed E-state index contributed by atoms with van der Waals surface area (Å²) in [6.07, 6.45) is 0. The summed E-state index contributed by atoms with van der Waals surface area (Å²) in [5.74, 6) is -1.07. The Bertz CT molecular complexity index is 647. The van der Waals surface area contributed by atoms with Gasteiger partial charge in [-0.2, -0.15) is 0 Å². The Morgan fingerprint density at radius 1 is 1.10 bits per heavy atom. The van der Waals surface area contributed by atoms with Crippen molar-refractivity contribution in [2.45, 2.75) is 0 Å². The van der Waals surface area contributed by atoms with Crippen LogP contribution in [0.15, 0.2) is 48.5 Å². The molecule has 102 valence electrons. The first-order valence-corrected chi connectivity index (χ1v) is 6.51. The van der Waals surface area contributed by atoms with E-state index in [0.717, 1.165) is 5.69 Å². The monoisotopic (exact) mass is 306 g/mol. The van der Waals surface area contributed by atoms with Gasteiger partial charge in [-0.25, -0.2) is 4.79 Å². The summed E-state index contributed by atoms with van der Waals surface area (Å²) in [4.78, 5) is 11.2. The molecule has 0 aliphatic rings. The van der Waals surface area contributed by atoms with E-state index in [9.17, 15) is 4.79 Å². The molecule has 0 saturated heterocycles. The Morgan fingerprint density at radius 3 is 2.45 bits per heavy atom. The molecule has 0 unspecified atom stereocenters. The number of hydrogen-bond donors (Lipinski definition) is 3. The fourth-order valence-electron chi connectivity index (χ4n) is 1.61. The molecule has 0 saturated carbocycles. The van der Waals surface area contributed by atoms with E-state index < -0.39 is 5.97 Å². The van der Waals surface area contributed by atoms with Crippen LogP contribution in [-0.2, 0) is 0 Å². The maximum absolute atomic E-state index is 11.2. The molecule has 0 fully saturated rings. The molecule has 0 radical (unpaired) electrons. The highest BCUT2D eigenvalue weighted by molar-refractivity contribution is 7.80. The largest absolute Gasteiger partial charge is 0.478 e. The smallest absolute Gasteiger partial charge is 0.337 e. The average molecular weight is 307 g/mol. The van der Waals surface area contributed by atoms with Gasteiger partial charge in [0.15, 0.2) is 5.11 Å². The maximum atomic E-state index is 11.2. The first-order valence-electron chi connectivity index (χ1n) is 5.72. The van der Waals surface area contributed by atoms with Crippen molar-refractivity contribution in [3.63, 3.8) is 0 Å². The summed E-state index contributed by atoms with van der Waals surface area (Å²) in [6.45, 7) is 0. The molecule has 0 atom stereocenters. The summed E-state index contributed by atoms with van der Waals surface area (Å²) in [5, 5.41) is 15.6. The van der Waals surface area contributed by atoms with Crippen LogP contribution in [0.5, 0.6) is 0 Å². The number of rotatable bonds is 3. The molecule has 3 N–H and O–H groups in total. The molecule has 0 bridgehead atoms. The second-order valence-electron chi connectivity index (χ2n) is 3.94. The molecule has 0 amide bonds. The van der Waals surface area contributed by atoms with E-state index in [0.29, 0.717) is 15.8 Å². The lowest BCUT2D eigenvalue weighted by atomic mass is 10.2. The summed E-state index contributed by atoms with van der Waals surface area (Å²) in [6, 6.07) is 13.9. The number of thiocarbonyl (C=S) groups is 1. The van der Waals surface area contributed by atoms with Gasteiger partial charge in [-0.3, -0.25) is 0 Å². The van der Waals surface area contributed by atoms with Crippen LogP contribution in [0.25, 0.3) is 0 Å². The van der Waals surface area contributed by atoms with E-state index in [1.807, 2.05) is 30.3 Å². The van der Waals surface area contributed by atoms with Gasteiger partial charge in [-0.15, -0.1) is 0 Å². The molecule has 0 heterocycles. The third kappa shape index (κ3) is 3.69. The molecular weight excluding hydrogens is 296 g/mol. The van der Waals surface area contributed by atoms with Crippen molar-refractivity contribution in [1.29, 1.82) is 0 Å². The van der Waals surface area contributed by atoms with E-state index in [4.69, 9.17) is 28.9 Å². The van der Waals surface area contributed by atoms with E-state index in [1.54, 1.807) is 12.1 Å². The van der Waals surface area contributed by atoms with E-state index >= 15 is 0 Å². The maximum Gasteiger partial charge on any atom is 0.337 e. The van der Waals surface area contributed by atoms with Crippen LogP contribution < -0.4 is 10.6 Å². The quantitative estimate of drug-likeness (QED) is 0.752. The second kappa shape index (κ2) is 6.36. The van der Waals surface area contributed by atoms with Gasteiger partial charge in [-0.05, 0) is 42.5 Å². The Hall–Kier alpha value is -2.11. The van der Waals surface area contributed by atoms with Crippen LogP contribution in [-0.4, -0.2) is 16.2 Å². The molecule has 0 aliphatic heterocycles. The Balaban J connectivity index is 2.14. The minimum Gasteiger partial charge on any atom is -0.478 e. The zero-order chi connectivity index (χ0) is 14.5. The Labute approximate surface area is 126 Å². The third-order valence-corrected chi connectivity index (χ3v) is 2.93. The zero-order valence-electron chi connectivity index (χ0n) is 10.3. The topological polar surface area (TPSA) is 61.4 Å². The van der Waals surface area contributed by atoms with E-state index in [-0.39, 0.29) is 5.56 Å². The number of para-hydroxylation sites is 1. The number of nitrogens with one attached hydrogen (secondary N) is 2. The molecule has 6 heteroatoms. The van der Waals surface area contributed by atoms with Gasteiger partial charge in [0.25, 0.3) is 0 Å².